The minimum absolute atomic E-state index is 0.539. The fourth-order valence-corrected chi connectivity index (χ4v) is 9.24. The number of hydrogen-bond acceptors (Lipinski definition) is 4. The largest absolute Gasteiger partial charge is 0.450 e. The molecule has 0 unspecified atom stereocenters. The average Bonchev–Trinajstić information content (AvgIpc) is 3.74. The molecule has 266 valence electrons. The van der Waals surface area contributed by atoms with Gasteiger partial charge in [-0.15, -0.1) is 0 Å². The minimum Gasteiger partial charge on any atom is -0.450 e. The van der Waals surface area contributed by atoms with Crippen LogP contribution in [0.15, 0.2) is 194 Å². The summed E-state index contributed by atoms with van der Waals surface area (Å²) in [4.78, 5) is 10.2. The Morgan fingerprint density at radius 2 is 0.772 bits per heavy atom. The Kier molecular flexibility index (Phi) is 6.81. The Morgan fingerprint density at radius 1 is 0.298 bits per heavy atom. The van der Waals surface area contributed by atoms with Gasteiger partial charge in [0, 0.05) is 16.7 Å². The van der Waals surface area contributed by atoms with Gasteiger partial charge in [-0.2, -0.15) is 0 Å². The van der Waals surface area contributed by atoms with Crippen molar-refractivity contribution in [3.05, 3.63) is 216 Å². The third kappa shape index (κ3) is 4.74. The molecule has 1 aliphatic heterocycles. The molecule has 0 radical (unpaired) electrons. The van der Waals surface area contributed by atoms with Crippen molar-refractivity contribution in [1.29, 1.82) is 0 Å². The number of aromatic nitrogens is 2. The molecule has 0 fully saturated rings. The van der Waals surface area contributed by atoms with Gasteiger partial charge in [0.05, 0.1) is 16.8 Å². The molecule has 0 N–H and O–H groups in total. The molecule has 3 aliphatic rings. The van der Waals surface area contributed by atoms with Crippen molar-refractivity contribution >= 4 is 0 Å². The van der Waals surface area contributed by atoms with E-state index in [1.54, 1.807) is 0 Å². The molecular weight excluding hydrogens is 697 g/mol. The zero-order valence-corrected chi connectivity index (χ0v) is 30.7. The molecule has 0 saturated heterocycles. The summed E-state index contributed by atoms with van der Waals surface area (Å²) in [6.07, 6.45) is 0. The summed E-state index contributed by atoms with van der Waals surface area (Å²) >= 11 is 0. The fraction of sp³-hybridized carbons (Fsp3) is 0.0189. The Balaban J connectivity index is 1.01. The second-order valence-corrected chi connectivity index (χ2v) is 14.9. The van der Waals surface area contributed by atoms with E-state index in [2.05, 4.69) is 133 Å². The van der Waals surface area contributed by atoms with Gasteiger partial charge in [0.15, 0.2) is 28.8 Å². The van der Waals surface area contributed by atoms with Gasteiger partial charge in [-0.3, -0.25) is 0 Å². The Labute approximate surface area is 330 Å². The van der Waals surface area contributed by atoms with Crippen LogP contribution in [-0.4, -0.2) is 9.97 Å². The van der Waals surface area contributed by atoms with E-state index in [-0.39, 0.29) is 0 Å². The average molecular weight is 729 g/mol. The molecule has 12 rings (SSSR count). The first kappa shape index (κ1) is 31.8. The van der Waals surface area contributed by atoms with Gasteiger partial charge in [-0.1, -0.05) is 158 Å². The quantitative estimate of drug-likeness (QED) is 0.181. The molecule has 4 heteroatoms. The number of nitrogens with zero attached hydrogens (tertiary/aromatic N) is 2. The zero-order chi connectivity index (χ0) is 37.5. The van der Waals surface area contributed by atoms with Crippen molar-refractivity contribution in [2.75, 3.05) is 0 Å². The van der Waals surface area contributed by atoms with Gasteiger partial charge in [-0.05, 0) is 92.0 Å². The van der Waals surface area contributed by atoms with E-state index >= 15 is 0 Å². The monoisotopic (exact) mass is 728 g/mol. The van der Waals surface area contributed by atoms with Gasteiger partial charge < -0.3 is 9.47 Å². The SMILES string of the molecule is c1ccc(-c2cc(-c3ccccc3)nc(-c3ccc(-c4ccc5c(c4)C4(c6ccccc6-c6ccccc64)c4cc6c(cc4-5)Oc4ccccc4O6)cc3)n2)cc1. The summed E-state index contributed by atoms with van der Waals surface area (Å²) in [5.74, 6) is 3.59. The Hall–Kier alpha value is -7.56. The predicted octanol–water partition coefficient (Wildman–Crippen LogP) is 13.4. The van der Waals surface area contributed by atoms with Crippen LogP contribution in [0, 0.1) is 0 Å². The van der Waals surface area contributed by atoms with Gasteiger partial charge in [0.25, 0.3) is 0 Å². The highest BCUT2D eigenvalue weighted by Gasteiger charge is 2.52. The van der Waals surface area contributed by atoms with Crippen LogP contribution in [0.25, 0.3) is 67.3 Å². The van der Waals surface area contributed by atoms with E-state index in [0.29, 0.717) is 5.82 Å². The number of rotatable bonds is 4. The first-order valence-electron chi connectivity index (χ1n) is 19.3. The van der Waals surface area contributed by atoms with Crippen molar-refractivity contribution in [2.24, 2.45) is 0 Å². The number of hydrogen-bond donors (Lipinski definition) is 0. The van der Waals surface area contributed by atoms with E-state index in [4.69, 9.17) is 19.4 Å². The summed E-state index contributed by atoms with van der Waals surface area (Å²) in [7, 11) is 0. The lowest BCUT2D eigenvalue weighted by molar-refractivity contribution is 0.359. The number of benzene rings is 8. The van der Waals surface area contributed by atoms with Crippen LogP contribution >= 0.6 is 0 Å². The van der Waals surface area contributed by atoms with Crippen molar-refractivity contribution in [3.8, 4) is 90.3 Å². The summed E-state index contributed by atoms with van der Waals surface area (Å²) in [6, 6.07) is 68.3. The van der Waals surface area contributed by atoms with E-state index in [0.717, 1.165) is 67.8 Å². The number of ether oxygens (including phenoxy) is 2. The summed E-state index contributed by atoms with van der Waals surface area (Å²) < 4.78 is 13.0. The molecule has 9 aromatic rings. The van der Waals surface area contributed by atoms with Crippen molar-refractivity contribution in [2.45, 2.75) is 5.41 Å². The highest BCUT2D eigenvalue weighted by Crippen LogP contribution is 2.65. The van der Waals surface area contributed by atoms with E-state index in [1.165, 1.54) is 38.9 Å². The van der Waals surface area contributed by atoms with Crippen LogP contribution in [0.2, 0.25) is 0 Å². The van der Waals surface area contributed by atoms with Gasteiger partial charge in [-0.25, -0.2) is 9.97 Å². The lowest BCUT2D eigenvalue weighted by Gasteiger charge is -2.31. The van der Waals surface area contributed by atoms with Crippen LogP contribution in [0.3, 0.4) is 0 Å². The molecule has 2 heterocycles. The number of fused-ring (bicyclic) bond motifs is 12. The van der Waals surface area contributed by atoms with Crippen molar-refractivity contribution in [3.63, 3.8) is 0 Å². The van der Waals surface area contributed by atoms with Crippen LogP contribution in [0.5, 0.6) is 23.0 Å². The fourth-order valence-electron chi connectivity index (χ4n) is 9.24. The second-order valence-electron chi connectivity index (χ2n) is 14.9. The maximum atomic E-state index is 6.55. The molecule has 1 aromatic heterocycles. The zero-order valence-electron chi connectivity index (χ0n) is 30.7. The Bertz CT molecular complexity index is 2960. The highest BCUT2D eigenvalue weighted by molar-refractivity contribution is 5.97. The normalized spacial score (nSPS) is 13.3. The second kappa shape index (κ2) is 12.2. The first-order chi connectivity index (χ1) is 28.2. The molecule has 0 atom stereocenters. The van der Waals surface area contributed by atoms with Gasteiger partial charge in [0.2, 0.25) is 0 Å². The van der Waals surface area contributed by atoms with Crippen LogP contribution < -0.4 is 9.47 Å². The smallest absolute Gasteiger partial charge is 0.170 e. The Morgan fingerprint density at radius 3 is 1.39 bits per heavy atom. The van der Waals surface area contributed by atoms with Gasteiger partial charge >= 0.3 is 0 Å². The number of para-hydroxylation sites is 2. The third-order valence-electron chi connectivity index (χ3n) is 11.8. The maximum Gasteiger partial charge on any atom is 0.170 e. The standard InChI is InChI=1S/C53H32N2O2/c1-3-13-34(14-4-1)46-32-47(35-15-5-2-6-16-35)55-52(54-46)36-25-23-33(24-26-36)37-27-28-40-41-30-50-51(57-49-22-12-11-21-48(49)56-50)31-45(41)53(44(40)29-37)42-19-9-7-17-38(42)39-18-8-10-20-43(39)53/h1-32H. The van der Waals surface area contributed by atoms with E-state index < -0.39 is 5.41 Å². The third-order valence-corrected chi connectivity index (χ3v) is 11.8. The molecular formula is C53H32N2O2. The molecule has 57 heavy (non-hydrogen) atoms. The molecule has 0 amide bonds. The maximum absolute atomic E-state index is 6.55. The lowest BCUT2D eigenvalue weighted by atomic mass is 9.70. The molecule has 0 bridgehead atoms. The summed E-state index contributed by atoms with van der Waals surface area (Å²) in [5.41, 5.74) is 16.5. The van der Waals surface area contributed by atoms with Crippen LogP contribution in [-0.2, 0) is 5.41 Å². The van der Waals surface area contributed by atoms with Crippen LogP contribution in [0.4, 0.5) is 0 Å². The molecule has 2 aliphatic carbocycles. The predicted molar refractivity (Wildman–Crippen MR) is 227 cm³/mol. The molecule has 4 nitrogen and oxygen atoms in total. The minimum atomic E-state index is -0.539. The van der Waals surface area contributed by atoms with E-state index in [9.17, 15) is 0 Å². The lowest BCUT2D eigenvalue weighted by Crippen LogP contribution is -2.26. The van der Waals surface area contributed by atoms with Crippen molar-refractivity contribution < 1.29 is 9.47 Å². The molecule has 1 spiro atoms. The van der Waals surface area contributed by atoms with Gasteiger partial charge in [0.1, 0.15) is 0 Å². The molecule has 8 aromatic carbocycles. The molecule has 0 saturated carbocycles. The van der Waals surface area contributed by atoms with Crippen molar-refractivity contribution in [1.82, 2.24) is 9.97 Å². The summed E-state index contributed by atoms with van der Waals surface area (Å²) in [5, 5.41) is 0. The van der Waals surface area contributed by atoms with E-state index in [1.807, 2.05) is 60.7 Å². The highest BCUT2D eigenvalue weighted by atomic mass is 16.6. The first-order valence-corrected chi connectivity index (χ1v) is 19.3. The summed E-state index contributed by atoms with van der Waals surface area (Å²) in [6.45, 7) is 0. The van der Waals surface area contributed by atoms with Crippen LogP contribution in [0.1, 0.15) is 22.3 Å². The topological polar surface area (TPSA) is 44.2 Å².